The molecule has 0 aliphatic carbocycles. The van der Waals surface area contributed by atoms with Crippen LogP contribution in [0.25, 0.3) is 11.0 Å². The second-order valence-corrected chi connectivity index (χ2v) is 8.66. The van der Waals surface area contributed by atoms with E-state index in [1.807, 2.05) is 24.3 Å². The van der Waals surface area contributed by atoms with Crippen molar-refractivity contribution in [2.24, 2.45) is 0 Å². The van der Waals surface area contributed by atoms with Crippen LogP contribution in [0.2, 0.25) is 5.02 Å². The molecule has 1 amide bonds. The number of anilines is 1. The van der Waals surface area contributed by atoms with E-state index < -0.39 is 0 Å². The Kier molecular flexibility index (Phi) is 5.35. The van der Waals surface area contributed by atoms with E-state index in [0.29, 0.717) is 36.0 Å². The third-order valence-electron chi connectivity index (χ3n) is 6.04. The number of carbonyl (C=O) groups is 1. The predicted molar refractivity (Wildman–Crippen MR) is 128 cm³/mol. The molecule has 0 saturated carbocycles. The van der Waals surface area contributed by atoms with E-state index in [1.54, 1.807) is 24.1 Å². The minimum Gasteiger partial charge on any atom is -0.497 e. The Morgan fingerprint density at radius 3 is 2.75 bits per heavy atom. The summed E-state index contributed by atoms with van der Waals surface area (Å²) >= 11 is 6.44. The Bertz CT molecular complexity index is 1310. The number of nitrogens with zero attached hydrogens (tertiary/aromatic N) is 3. The van der Waals surface area contributed by atoms with Crippen LogP contribution in [0.4, 0.5) is 5.69 Å². The molecule has 3 aromatic carbocycles. The van der Waals surface area contributed by atoms with Crippen molar-refractivity contribution in [1.82, 2.24) is 9.55 Å². The van der Waals surface area contributed by atoms with Gasteiger partial charge in [-0.3, -0.25) is 4.79 Å². The van der Waals surface area contributed by atoms with Gasteiger partial charge in [-0.15, -0.1) is 0 Å². The average molecular weight is 446 g/mol. The molecule has 1 aliphatic heterocycles. The van der Waals surface area contributed by atoms with Gasteiger partial charge < -0.3 is 14.2 Å². The molecule has 0 bridgehead atoms. The summed E-state index contributed by atoms with van der Waals surface area (Å²) < 4.78 is 7.59. The number of fused-ring (bicyclic) bond motifs is 1. The summed E-state index contributed by atoms with van der Waals surface area (Å²) in [6.07, 6.45) is 0.394. The van der Waals surface area contributed by atoms with Gasteiger partial charge in [-0.05, 0) is 36.8 Å². The van der Waals surface area contributed by atoms with Gasteiger partial charge in [-0.1, -0.05) is 53.6 Å². The molecule has 5 rings (SSSR count). The standard InChI is InChI=1S/C26H24ClN3O2/c1-17-6-5-7-18(12-17)15-30-23-9-4-3-8-22(23)28-26(30)19-13-25(31)29(16-19)24-14-20(32-2)10-11-21(24)27/h3-12,14,19H,13,15-16H2,1-2H3/t19-/m0/s1. The van der Waals surface area contributed by atoms with Crippen LogP contribution < -0.4 is 9.64 Å². The number of ether oxygens (including phenoxy) is 1. The lowest BCUT2D eigenvalue weighted by molar-refractivity contribution is -0.117. The summed E-state index contributed by atoms with van der Waals surface area (Å²) in [6, 6.07) is 22.0. The fraction of sp³-hybridized carbons (Fsp3) is 0.231. The normalized spacial score (nSPS) is 16.2. The van der Waals surface area contributed by atoms with Gasteiger partial charge >= 0.3 is 0 Å². The van der Waals surface area contributed by atoms with Gasteiger partial charge in [-0.2, -0.15) is 0 Å². The highest BCUT2D eigenvalue weighted by molar-refractivity contribution is 6.34. The van der Waals surface area contributed by atoms with Crippen LogP contribution in [0.5, 0.6) is 5.75 Å². The van der Waals surface area contributed by atoms with Crippen molar-refractivity contribution in [3.8, 4) is 5.75 Å². The molecule has 1 fully saturated rings. The SMILES string of the molecule is COc1ccc(Cl)c(N2C[C@@H](c3nc4ccccc4n3Cc3cccc(C)c3)CC2=O)c1. The molecule has 1 saturated heterocycles. The first-order valence-electron chi connectivity index (χ1n) is 10.7. The molecule has 1 atom stereocenters. The van der Waals surface area contributed by atoms with E-state index in [9.17, 15) is 4.79 Å². The molecule has 6 heteroatoms. The number of hydrogen-bond donors (Lipinski definition) is 0. The number of carbonyl (C=O) groups excluding carboxylic acids is 1. The number of rotatable bonds is 5. The molecule has 0 N–H and O–H groups in total. The van der Waals surface area contributed by atoms with Crippen LogP contribution in [0.1, 0.15) is 29.3 Å². The molecular weight excluding hydrogens is 422 g/mol. The minimum absolute atomic E-state index is 0.0259. The number of amides is 1. The maximum atomic E-state index is 13.0. The van der Waals surface area contributed by atoms with Gasteiger partial charge in [0.1, 0.15) is 11.6 Å². The number of aromatic nitrogens is 2. The van der Waals surface area contributed by atoms with Crippen molar-refractivity contribution in [2.75, 3.05) is 18.6 Å². The molecule has 1 aromatic heterocycles. The Hall–Kier alpha value is -3.31. The van der Waals surface area contributed by atoms with Crippen molar-refractivity contribution in [3.63, 3.8) is 0 Å². The van der Waals surface area contributed by atoms with Crippen LogP contribution >= 0.6 is 11.6 Å². The molecule has 4 aromatic rings. The van der Waals surface area contributed by atoms with Gasteiger partial charge in [0.25, 0.3) is 0 Å². The minimum atomic E-state index is -0.0259. The second kappa shape index (κ2) is 8.32. The number of imidazole rings is 1. The number of hydrogen-bond acceptors (Lipinski definition) is 3. The van der Waals surface area contributed by atoms with Crippen molar-refractivity contribution < 1.29 is 9.53 Å². The number of para-hydroxylation sites is 2. The summed E-state index contributed by atoms with van der Waals surface area (Å²) in [4.78, 5) is 19.7. The van der Waals surface area contributed by atoms with Crippen LogP contribution in [0.3, 0.4) is 0 Å². The maximum absolute atomic E-state index is 13.0. The molecular formula is C26H24ClN3O2. The predicted octanol–water partition coefficient (Wildman–Crippen LogP) is 5.58. The van der Waals surface area contributed by atoms with E-state index in [2.05, 4.69) is 41.8 Å². The van der Waals surface area contributed by atoms with Crippen molar-refractivity contribution in [1.29, 1.82) is 0 Å². The molecule has 2 heterocycles. The van der Waals surface area contributed by atoms with E-state index in [-0.39, 0.29) is 11.8 Å². The topological polar surface area (TPSA) is 47.4 Å². The summed E-state index contributed by atoms with van der Waals surface area (Å²) in [5, 5.41) is 0.535. The fourth-order valence-corrected chi connectivity index (χ4v) is 4.72. The highest BCUT2D eigenvalue weighted by Crippen LogP contribution is 2.38. The average Bonchev–Trinajstić information content (AvgIpc) is 3.35. The number of aryl methyl sites for hydroxylation is 1. The maximum Gasteiger partial charge on any atom is 0.227 e. The lowest BCUT2D eigenvalue weighted by Gasteiger charge is -2.19. The molecule has 0 radical (unpaired) electrons. The van der Waals surface area contributed by atoms with Crippen molar-refractivity contribution in [2.45, 2.75) is 25.8 Å². The first-order chi connectivity index (χ1) is 15.5. The molecule has 0 unspecified atom stereocenters. The summed E-state index contributed by atoms with van der Waals surface area (Å²) in [7, 11) is 1.61. The van der Waals surface area contributed by atoms with E-state index in [4.69, 9.17) is 21.3 Å². The highest BCUT2D eigenvalue weighted by Gasteiger charge is 2.35. The van der Waals surface area contributed by atoms with E-state index in [1.165, 1.54) is 11.1 Å². The number of methoxy groups -OCH3 is 1. The molecule has 1 aliphatic rings. The zero-order chi connectivity index (χ0) is 22.2. The first kappa shape index (κ1) is 20.6. The Labute approximate surface area is 192 Å². The zero-order valence-corrected chi connectivity index (χ0v) is 18.8. The molecule has 162 valence electrons. The fourth-order valence-electron chi connectivity index (χ4n) is 4.50. The van der Waals surface area contributed by atoms with Gasteiger partial charge in [0.15, 0.2) is 0 Å². The lowest BCUT2D eigenvalue weighted by atomic mass is 10.1. The number of benzene rings is 3. The third-order valence-corrected chi connectivity index (χ3v) is 6.36. The zero-order valence-electron chi connectivity index (χ0n) is 18.1. The molecule has 5 nitrogen and oxygen atoms in total. The van der Waals surface area contributed by atoms with E-state index in [0.717, 1.165) is 16.9 Å². The Morgan fingerprint density at radius 1 is 1.09 bits per heavy atom. The van der Waals surface area contributed by atoms with Gasteiger partial charge in [0.05, 0.1) is 28.9 Å². The van der Waals surface area contributed by atoms with Crippen molar-refractivity contribution in [3.05, 3.63) is 88.7 Å². The quantitative estimate of drug-likeness (QED) is 0.403. The van der Waals surface area contributed by atoms with Gasteiger partial charge in [0.2, 0.25) is 5.91 Å². The Morgan fingerprint density at radius 2 is 1.94 bits per heavy atom. The summed E-state index contributed by atoms with van der Waals surface area (Å²) in [5.74, 6) is 1.62. The van der Waals surface area contributed by atoms with Crippen LogP contribution in [0, 0.1) is 6.92 Å². The Balaban J connectivity index is 1.53. The largest absolute Gasteiger partial charge is 0.497 e. The number of halogens is 1. The summed E-state index contributed by atoms with van der Waals surface area (Å²) in [5.41, 5.74) is 5.14. The molecule has 32 heavy (non-hydrogen) atoms. The smallest absolute Gasteiger partial charge is 0.227 e. The van der Waals surface area contributed by atoms with E-state index >= 15 is 0 Å². The van der Waals surface area contributed by atoms with Gasteiger partial charge in [0, 0.05) is 31.5 Å². The first-order valence-corrected chi connectivity index (χ1v) is 11.1. The molecule has 0 spiro atoms. The van der Waals surface area contributed by atoms with Crippen LogP contribution in [-0.4, -0.2) is 29.1 Å². The second-order valence-electron chi connectivity index (χ2n) is 8.26. The van der Waals surface area contributed by atoms with Gasteiger partial charge in [-0.25, -0.2) is 4.98 Å². The van der Waals surface area contributed by atoms with Crippen molar-refractivity contribution >= 4 is 34.2 Å². The van der Waals surface area contributed by atoms with Crippen LogP contribution in [0.15, 0.2) is 66.7 Å². The van der Waals surface area contributed by atoms with Crippen LogP contribution in [-0.2, 0) is 11.3 Å². The summed E-state index contributed by atoms with van der Waals surface area (Å²) in [6.45, 7) is 3.34. The lowest BCUT2D eigenvalue weighted by Crippen LogP contribution is -2.25. The highest BCUT2D eigenvalue weighted by atomic mass is 35.5. The third kappa shape index (κ3) is 3.73. The monoisotopic (exact) mass is 445 g/mol.